The molecule has 1 heterocycles. The fourth-order valence-corrected chi connectivity index (χ4v) is 2.87. The first kappa shape index (κ1) is 13.5. The molecule has 3 nitrogen and oxygen atoms in total. The lowest BCUT2D eigenvalue weighted by Crippen LogP contribution is -2.12. The van der Waals surface area contributed by atoms with Gasteiger partial charge in [-0.3, -0.25) is 4.79 Å². The maximum absolute atomic E-state index is 12.0. The van der Waals surface area contributed by atoms with E-state index in [1.54, 1.807) is 18.4 Å². The van der Waals surface area contributed by atoms with Crippen LogP contribution in [0.4, 0.5) is 5.69 Å². The number of benzene rings is 1. The Morgan fingerprint density at radius 2 is 2.22 bits per heavy atom. The molecule has 0 radical (unpaired) electrons. The number of carbonyl (C=O) groups excluding carboxylic acids is 1. The maximum atomic E-state index is 12.0. The number of halogens is 1. The van der Waals surface area contributed by atoms with Crippen LogP contribution in [0.5, 0.6) is 0 Å². The van der Waals surface area contributed by atoms with Crippen LogP contribution in [0.25, 0.3) is 0 Å². The van der Waals surface area contributed by atoms with Crippen molar-refractivity contribution in [2.75, 3.05) is 12.4 Å². The van der Waals surface area contributed by atoms with E-state index in [4.69, 9.17) is 4.74 Å². The van der Waals surface area contributed by atoms with Gasteiger partial charge in [-0.05, 0) is 34.7 Å². The Labute approximate surface area is 123 Å². The Kier molecular flexibility index (Phi) is 4.73. The molecule has 0 spiro atoms. The molecule has 0 aliphatic rings. The van der Waals surface area contributed by atoms with Crippen molar-refractivity contribution in [3.05, 3.63) is 49.7 Å². The fraction of sp³-hybridized carbons (Fsp3) is 0.154. The topological polar surface area (TPSA) is 38.3 Å². The monoisotopic (exact) mass is 373 g/mol. The zero-order valence-corrected chi connectivity index (χ0v) is 12.7. The fourth-order valence-electron chi connectivity index (χ4n) is 1.55. The Bertz CT molecular complexity index is 553. The SMILES string of the molecule is COCc1ccccc1NC(=O)c1csc(I)c1. The number of thiophene rings is 1. The Morgan fingerprint density at radius 3 is 2.89 bits per heavy atom. The van der Waals surface area contributed by atoms with Crippen molar-refractivity contribution in [1.29, 1.82) is 0 Å². The summed E-state index contributed by atoms with van der Waals surface area (Å²) in [4.78, 5) is 12.0. The average Bonchev–Trinajstić information content (AvgIpc) is 2.79. The molecular weight excluding hydrogens is 361 g/mol. The van der Waals surface area contributed by atoms with Crippen LogP contribution in [-0.4, -0.2) is 13.0 Å². The lowest BCUT2D eigenvalue weighted by Gasteiger charge is -2.09. The van der Waals surface area contributed by atoms with E-state index in [1.807, 2.05) is 35.7 Å². The standard InChI is InChI=1S/C13H12INO2S/c1-17-7-9-4-2-3-5-11(9)15-13(16)10-6-12(14)18-8-10/h2-6,8H,7H2,1H3,(H,15,16). The minimum Gasteiger partial charge on any atom is -0.380 e. The minimum atomic E-state index is -0.0854. The van der Waals surface area contributed by atoms with E-state index in [0.717, 1.165) is 14.1 Å². The van der Waals surface area contributed by atoms with Crippen LogP contribution in [-0.2, 0) is 11.3 Å². The number of anilines is 1. The summed E-state index contributed by atoms with van der Waals surface area (Å²) in [5.74, 6) is -0.0854. The zero-order valence-electron chi connectivity index (χ0n) is 9.77. The first-order chi connectivity index (χ1) is 8.70. The third-order valence-electron chi connectivity index (χ3n) is 2.40. The first-order valence-electron chi connectivity index (χ1n) is 5.33. The highest BCUT2D eigenvalue weighted by atomic mass is 127. The normalized spacial score (nSPS) is 10.3. The van der Waals surface area contributed by atoms with Crippen LogP contribution in [0.2, 0.25) is 0 Å². The van der Waals surface area contributed by atoms with Gasteiger partial charge in [0.05, 0.1) is 15.1 Å². The highest BCUT2D eigenvalue weighted by molar-refractivity contribution is 14.1. The summed E-state index contributed by atoms with van der Waals surface area (Å²) >= 11 is 3.76. The second-order valence-electron chi connectivity index (χ2n) is 3.68. The third-order valence-corrected chi connectivity index (χ3v) is 4.18. The molecule has 0 fully saturated rings. The van der Waals surface area contributed by atoms with Crippen molar-refractivity contribution in [2.24, 2.45) is 0 Å². The Morgan fingerprint density at radius 1 is 1.44 bits per heavy atom. The van der Waals surface area contributed by atoms with Gasteiger partial charge in [0.1, 0.15) is 0 Å². The summed E-state index contributed by atoms with van der Waals surface area (Å²) in [6.45, 7) is 0.484. The summed E-state index contributed by atoms with van der Waals surface area (Å²) in [5, 5.41) is 4.77. The molecule has 1 aromatic carbocycles. The molecule has 1 amide bonds. The van der Waals surface area contributed by atoms with Crippen molar-refractivity contribution in [1.82, 2.24) is 0 Å². The van der Waals surface area contributed by atoms with Crippen LogP contribution in [0.3, 0.4) is 0 Å². The average molecular weight is 373 g/mol. The molecule has 1 N–H and O–H groups in total. The Hall–Kier alpha value is -0.920. The number of carbonyl (C=O) groups is 1. The van der Waals surface area contributed by atoms with E-state index in [0.29, 0.717) is 12.2 Å². The molecule has 2 aromatic rings. The van der Waals surface area contributed by atoms with Gasteiger partial charge in [-0.2, -0.15) is 0 Å². The zero-order chi connectivity index (χ0) is 13.0. The van der Waals surface area contributed by atoms with Gasteiger partial charge in [0, 0.05) is 23.7 Å². The minimum absolute atomic E-state index is 0.0854. The molecule has 2 rings (SSSR count). The number of para-hydroxylation sites is 1. The van der Waals surface area contributed by atoms with Crippen molar-refractivity contribution in [3.63, 3.8) is 0 Å². The number of hydrogen-bond acceptors (Lipinski definition) is 3. The number of methoxy groups -OCH3 is 1. The number of hydrogen-bond donors (Lipinski definition) is 1. The van der Waals surface area contributed by atoms with Gasteiger partial charge in [0.2, 0.25) is 0 Å². The Balaban J connectivity index is 2.16. The van der Waals surface area contributed by atoms with Crippen molar-refractivity contribution in [3.8, 4) is 0 Å². The van der Waals surface area contributed by atoms with E-state index >= 15 is 0 Å². The molecule has 0 atom stereocenters. The summed E-state index contributed by atoms with van der Waals surface area (Å²) in [5.41, 5.74) is 2.46. The summed E-state index contributed by atoms with van der Waals surface area (Å²) in [7, 11) is 1.64. The molecule has 0 aliphatic heterocycles. The lowest BCUT2D eigenvalue weighted by atomic mass is 10.2. The van der Waals surface area contributed by atoms with Gasteiger partial charge < -0.3 is 10.1 Å². The van der Waals surface area contributed by atoms with E-state index in [2.05, 4.69) is 27.9 Å². The van der Waals surface area contributed by atoms with Crippen molar-refractivity contribution in [2.45, 2.75) is 6.61 Å². The highest BCUT2D eigenvalue weighted by Gasteiger charge is 2.10. The van der Waals surface area contributed by atoms with Crippen LogP contribution < -0.4 is 5.32 Å². The van der Waals surface area contributed by atoms with Crippen molar-refractivity contribution < 1.29 is 9.53 Å². The number of ether oxygens (including phenoxy) is 1. The van der Waals surface area contributed by atoms with Gasteiger partial charge in [0.15, 0.2) is 0 Å². The maximum Gasteiger partial charge on any atom is 0.256 e. The molecular formula is C13H12INO2S. The second kappa shape index (κ2) is 6.31. The van der Waals surface area contributed by atoms with E-state index < -0.39 is 0 Å². The molecule has 0 bridgehead atoms. The quantitative estimate of drug-likeness (QED) is 0.830. The molecule has 0 unspecified atom stereocenters. The predicted octanol–water partition coefficient (Wildman–Crippen LogP) is 3.75. The van der Waals surface area contributed by atoms with Gasteiger partial charge >= 0.3 is 0 Å². The second-order valence-corrected chi connectivity index (χ2v) is 6.49. The van der Waals surface area contributed by atoms with Crippen LogP contribution in [0, 0.1) is 2.88 Å². The van der Waals surface area contributed by atoms with Crippen LogP contribution in [0.15, 0.2) is 35.7 Å². The van der Waals surface area contributed by atoms with Gasteiger partial charge in [-0.25, -0.2) is 0 Å². The number of amides is 1. The van der Waals surface area contributed by atoms with Gasteiger partial charge in [-0.15, -0.1) is 11.3 Å². The smallest absolute Gasteiger partial charge is 0.256 e. The molecule has 18 heavy (non-hydrogen) atoms. The molecule has 1 aromatic heterocycles. The molecule has 94 valence electrons. The number of nitrogens with one attached hydrogen (secondary N) is 1. The molecule has 5 heteroatoms. The highest BCUT2D eigenvalue weighted by Crippen LogP contribution is 2.20. The molecule has 0 saturated carbocycles. The van der Waals surface area contributed by atoms with E-state index in [9.17, 15) is 4.79 Å². The summed E-state index contributed by atoms with van der Waals surface area (Å²) in [6.07, 6.45) is 0. The van der Waals surface area contributed by atoms with E-state index in [1.165, 1.54) is 0 Å². The largest absolute Gasteiger partial charge is 0.380 e. The third kappa shape index (κ3) is 3.30. The van der Waals surface area contributed by atoms with Crippen LogP contribution >= 0.6 is 33.9 Å². The number of rotatable bonds is 4. The summed E-state index contributed by atoms with van der Waals surface area (Å²) in [6, 6.07) is 9.52. The van der Waals surface area contributed by atoms with Crippen LogP contribution in [0.1, 0.15) is 15.9 Å². The van der Waals surface area contributed by atoms with Gasteiger partial charge in [0.25, 0.3) is 5.91 Å². The van der Waals surface area contributed by atoms with Crippen molar-refractivity contribution >= 4 is 45.5 Å². The summed E-state index contributed by atoms with van der Waals surface area (Å²) < 4.78 is 6.21. The van der Waals surface area contributed by atoms with Gasteiger partial charge in [-0.1, -0.05) is 18.2 Å². The molecule has 0 saturated heterocycles. The lowest BCUT2D eigenvalue weighted by molar-refractivity contribution is 0.102. The van der Waals surface area contributed by atoms with E-state index in [-0.39, 0.29) is 5.91 Å². The predicted molar refractivity (Wildman–Crippen MR) is 82.1 cm³/mol. The first-order valence-corrected chi connectivity index (χ1v) is 7.29. The molecule has 0 aliphatic carbocycles.